The number of nitrogens with two attached hydrogens (primary N) is 1. The van der Waals surface area contributed by atoms with Crippen molar-refractivity contribution in [3.8, 4) is 5.75 Å². The number of hydrogen-bond acceptors (Lipinski definition) is 3. The highest BCUT2D eigenvalue weighted by atomic mass is 79.9. The standard InChI is InChI=1S/C9H9BrClNO3/c10-6-2-1-3-7(8(6)11)14-4-5-15-9(12)13/h1-3H,4-5H2,(H2,12,13). The number of ether oxygens (including phenoxy) is 2. The Labute approximate surface area is 100 Å². The minimum absolute atomic E-state index is 0.0954. The third-order valence-corrected chi connectivity index (χ3v) is 2.78. The predicted octanol–water partition coefficient (Wildman–Crippen LogP) is 2.58. The average molecular weight is 295 g/mol. The van der Waals surface area contributed by atoms with Gasteiger partial charge in [-0.1, -0.05) is 17.7 Å². The van der Waals surface area contributed by atoms with Crippen molar-refractivity contribution in [2.75, 3.05) is 13.2 Å². The average Bonchev–Trinajstić information content (AvgIpc) is 2.18. The smallest absolute Gasteiger partial charge is 0.404 e. The van der Waals surface area contributed by atoms with Crippen molar-refractivity contribution in [2.45, 2.75) is 0 Å². The molecule has 0 heterocycles. The highest BCUT2D eigenvalue weighted by Crippen LogP contribution is 2.31. The second kappa shape index (κ2) is 5.82. The number of benzene rings is 1. The summed E-state index contributed by atoms with van der Waals surface area (Å²) < 4.78 is 10.5. The van der Waals surface area contributed by atoms with Gasteiger partial charge in [0.15, 0.2) is 0 Å². The van der Waals surface area contributed by atoms with Crippen molar-refractivity contribution in [1.82, 2.24) is 0 Å². The van der Waals surface area contributed by atoms with Crippen LogP contribution in [0.15, 0.2) is 22.7 Å². The maximum absolute atomic E-state index is 10.2. The SMILES string of the molecule is NC(=O)OCCOc1cccc(Br)c1Cl. The highest BCUT2D eigenvalue weighted by Gasteiger charge is 2.04. The Morgan fingerprint density at radius 2 is 2.20 bits per heavy atom. The molecule has 0 fully saturated rings. The van der Waals surface area contributed by atoms with E-state index in [9.17, 15) is 4.79 Å². The largest absolute Gasteiger partial charge is 0.488 e. The maximum Gasteiger partial charge on any atom is 0.404 e. The monoisotopic (exact) mass is 293 g/mol. The van der Waals surface area contributed by atoms with Crippen LogP contribution in [0.2, 0.25) is 5.02 Å². The van der Waals surface area contributed by atoms with E-state index in [2.05, 4.69) is 20.7 Å². The molecule has 0 aliphatic heterocycles. The molecule has 1 aromatic rings. The molecule has 0 saturated heterocycles. The van der Waals surface area contributed by atoms with Gasteiger partial charge in [0.1, 0.15) is 19.0 Å². The molecule has 6 heteroatoms. The van der Waals surface area contributed by atoms with Gasteiger partial charge < -0.3 is 15.2 Å². The minimum Gasteiger partial charge on any atom is -0.488 e. The number of halogens is 2. The van der Waals surface area contributed by atoms with Crippen LogP contribution in [0.5, 0.6) is 5.75 Å². The van der Waals surface area contributed by atoms with Crippen molar-refractivity contribution in [3.63, 3.8) is 0 Å². The van der Waals surface area contributed by atoms with Gasteiger partial charge in [0.25, 0.3) is 0 Å². The van der Waals surface area contributed by atoms with Gasteiger partial charge in [0, 0.05) is 4.47 Å². The molecule has 0 unspecified atom stereocenters. The lowest BCUT2D eigenvalue weighted by Crippen LogP contribution is -2.17. The molecule has 15 heavy (non-hydrogen) atoms. The first-order valence-electron chi connectivity index (χ1n) is 4.10. The van der Waals surface area contributed by atoms with Crippen LogP contribution in [-0.4, -0.2) is 19.3 Å². The normalized spacial score (nSPS) is 9.73. The molecular weight excluding hydrogens is 285 g/mol. The van der Waals surface area contributed by atoms with E-state index >= 15 is 0 Å². The van der Waals surface area contributed by atoms with Crippen molar-refractivity contribution in [3.05, 3.63) is 27.7 Å². The lowest BCUT2D eigenvalue weighted by atomic mass is 10.3. The summed E-state index contributed by atoms with van der Waals surface area (Å²) in [5.41, 5.74) is 4.78. The molecule has 0 aliphatic carbocycles. The Balaban J connectivity index is 2.44. The molecule has 2 N–H and O–H groups in total. The van der Waals surface area contributed by atoms with E-state index in [1.165, 1.54) is 0 Å². The molecule has 0 aromatic heterocycles. The molecule has 0 bridgehead atoms. The van der Waals surface area contributed by atoms with Gasteiger partial charge in [-0.2, -0.15) is 0 Å². The summed E-state index contributed by atoms with van der Waals surface area (Å²) in [6.45, 7) is 0.303. The van der Waals surface area contributed by atoms with E-state index in [1.807, 2.05) is 0 Å². The molecule has 1 aromatic carbocycles. The Bertz CT molecular complexity index is 359. The lowest BCUT2D eigenvalue weighted by molar-refractivity contribution is 0.134. The predicted molar refractivity (Wildman–Crippen MR) is 60.2 cm³/mol. The number of primary amides is 1. The van der Waals surface area contributed by atoms with E-state index in [-0.39, 0.29) is 13.2 Å². The maximum atomic E-state index is 10.2. The Morgan fingerprint density at radius 3 is 2.87 bits per heavy atom. The summed E-state index contributed by atoms with van der Waals surface area (Å²) in [5.74, 6) is 0.527. The first-order chi connectivity index (χ1) is 7.11. The number of rotatable bonds is 4. The fourth-order valence-corrected chi connectivity index (χ4v) is 1.42. The lowest BCUT2D eigenvalue weighted by Gasteiger charge is -2.08. The van der Waals surface area contributed by atoms with E-state index in [0.717, 1.165) is 4.47 Å². The van der Waals surface area contributed by atoms with Crippen molar-refractivity contribution in [2.24, 2.45) is 5.73 Å². The fraction of sp³-hybridized carbons (Fsp3) is 0.222. The zero-order valence-corrected chi connectivity index (χ0v) is 10.0. The summed E-state index contributed by atoms with van der Waals surface area (Å²) in [6, 6.07) is 5.31. The fourth-order valence-electron chi connectivity index (χ4n) is 0.889. The van der Waals surface area contributed by atoms with Gasteiger partial charge in [-0.3, -0.25) is 0 Å². The molecule has 0 atom stereocenters. The summed E-state index contributed by atoms with van der Waals surface area (Å²) >= 11 is 9.19. The van der Waals surface area contributed by atoms with E-state index in [4.69, 9.17) is 22.1 Å². The Hall–Kier alpha value is -0.940. The first kappa shape index (κ1) is 12.1. The number of amides is 1. The minimum atomic E-state index is -0.820. The quantitative estimate of drug-likeness (QED) is 0.868. The summed E-state index contributed by atoms with van der Waals surface area (Å²) in [6.07, 6.45) is -0.820. The van der Waals surface area contributed by atoms with Crippen LogP contribution in [0.4, 0.5) is 4.79 Å². The number of carbonyl (C=O) groups excluding carboxylic acids is 1. The van der Waals surface area contributed by atoms with Gasteiger partial charge >= 0.3 is 6.09 Å². The van der Waals surface area contributed by atoms with Crippen LogP contribution in [0.1, 0.15) is 0 Å². The Morgan fingerprint density at radius 1 is 1.47 bits per heavy atom. The topological polar surface area (TPSA) is 61.6 Å². The molecule has 1 rings (SSSR count). The molecule has 82 valence electrons. The summed E-state index contributed by atoms with van der Waals surface area (Å²) in [7, 11) is 0. The molecular formula is C9H9BrClNO3. The zero-order chi connectivity index (χ0) is 11.3. The van der Waals surface area contributed by atoms with Crippen LogP contribution in [0.25, 0.3) is 0 Å². The third kappa shape index (κ3) is 3.97. The molecule has 4 nitrogen and oxygen atoms in total. The van der Waals surface area contributed by atoms with E-state index in [1.54, 1.807) is 18.2 Å². The van der Waals surface area contributed by atoms with E-state index < -0.39 is 6.09 Å². The van der Waals surface area contributed by atoms with Crippen molar-refractivity contribution in [1.29, 1.82) is 0 Å². The van der Waals surface area contributed by atoms with Gasteiger partial charge in [-0.05, 0) is 28.1 Å². The molecule has 0 aliphatic rings. The molecule has 1 amide bonds. The van der Waals surface area contributed by atoms with Gasteiger partial charge in [0.05, 0.1) is 5.02 Å². The highest BCUT2D eigenvalue weighted by molar-refractivity contribution is 9.10. The van der Waals surface area contributed by atoms with Crippen LogP contribution in [-0.2, 0) is 4.74 Å². The Kier molecular flexibility index (Phi) is 4.71. The van der Waals surface area contributed by atoms with Crippen molar-refractivity contribution >= 4 is 33.6 Å². The number of hydrogen-bond donors (Lipinski definition) is 1. The third-order valence-electron chi connectivity index (χ3n) is 1.50. The van der Waals surface area contributed by atoms with Gasteiger partial charge in [0.2, 0.25) is 0 Å². The number of carbonyl (C=O) groups is 1. The molecule has 0 spiro atoms. The van der Waals surface area contributed by atoms with Gasteiger partial charge in [-0.15, -0.1) is 0 Å². The van der Waals surface area contributed by atoms with Crippen LogP contribution >= 0.6 is 27.5 Å². The summed E-state index contributed by atoms with van der Waals surface area (Å²) in [4.78, 5) is 10.2. The first-order valence-corrected chi connectivity index (χ1v) is 5.27. The zero-order valence-electron chi connectivity index (χ0n) is 7.70. The van der Waals surface area contributed by atoms with Crippen molar-refractivity contribution < 1.29 is 14.3 Å². The molecule has 0 saturated carbocycles. The molecule has 0 radical (unpaired) electrons. The van der Waals surface area contributed by atoms with Gasteiger partial charge in [-0.25, -0.2) is 4.79 Å². The van der Waals surface area contributed by atoms with Crippen LogP contribution < -0.4 is 10.5 Å². The van der Waals surface area contributed by atoms with Crippen LogP contribution in [0, 0.1) is 0 Å². The second-order valence-corrected chi connectivity index (χ2v) is 3.80. The summed E-state index contributed by atoms with van der Waals surface area (Å²) in [5, 5.41) is 0.483. The van der Waals surface area contributed by atoms with Crippen LogP contribution in [0.3, 0.4) is 0 Å². The second-order valence-electron chi connectivity index (χ2n) is 2.57. The van der Waals surface area contributed by atoms with E-state index in [0.29, 0.717) is 10.8 Å².